The number of carbonyl (C=O) groups excluding carboxylic acids is 1. The van der Waals surface area contributed by atoms with Crippen molar-refractivity contribution in [2.24, 2.45) is 0 Å². The molecule has 126 valence electrons. The van der Waals surface area contributed by atoms with Gasteiger partial charge in [0.15, 0.2) is 0 Å². The molecule has 3 rings (SSSR count). The lowest BCUT2D eigenvalue weighted by atomic mass is 9.88. The maximum Gasteiger partial charge on any atom is 0.315 e. The van der Waals surface area contributed by atoms with Crippen LogP contribution in [0.15, 0.2) is 54.6 Å². The Balaban J connectivity index is 1.74. The normalized spacial score (nSPS) is 17.2. The molecule has 2 aromatic carbocycles. The molecule has 1 unspecified atom stereocenters. The van der Waals surface area contributed by atoms with Gasteiger partial charge < -0.3 is 10.6 Å². The van der Waals surface area contributed by atoms with Gasteiger partial charge >= 0.3 is 6.03 Å². The van der Waals surface area contributed by atoms with E-state index < -0.39 is 5.54 Å². The van der Waals surface area contributed by atoms with Crippen LogP contribution in [0.5, 0.6) is 0 Å². The second-order valence-corrected chi connectivity index (χ2v) is 6.50. The molecule has 2 aromatic rings. The molecule has 0 heterocycles. The van der Waals surface area contributed by atoms with Crippen molar-refractivity contribution >= 4 is 6.03 Å². The predicted molar refractivity (Wildman–Crippen MR) is 93.1 cm³/mol. The van der Waals surface area contributed by atoms with Crippen molar-refractivity contribution in [1.29, 1.82) is 0 Å². The molecule has 3 nitrogen and oxygen atoms in total. The number of rotatable bonds is 4. The molecule has 2 amide bonds. The largest absolute Gasteiger partial charge is 0.332 e. The van der Waals surface area contributed by atoms with Gasteiger partial charge in [-0.1, -0.05) is 61.4 Å². The van der Waals surface area contributed by atoms with Crippen molar-refractivity contribution in [2.45, 2.75) is 44.2 Å². The first-order valence-corrected chi connectivity index (χ1v) is 8.49. The fourth-order valence-corrected chi connectivity index (χ4v) is 3.56. The lowest BCUT2D eigenvalue weighted by Gasteiger charge is -2.32. The molecule has 0 spiro atoms. The zero-order valence-electron chi connectivity index (χ0n) is 13.9. The highest BCUT2D eigenvalue weighted by atomic mass is 19.1. The molecule has 0 radical (unpaired) electrons. The first kappa shape index (κ1) is 16.5. The monoisotopic (exact) mass is 326 g/mol. The highest BCUT2D eigenvalue weighted by molar-refractivity contribution is 5.75. The van der Waals surface area contributed by atoms with Crippen LogP contribution in [-0.4, -0.2) is 6.03 Å². The van der Waals surface area contributed by atoms with Crippen molar-refractivity contribution < 1.29 is 9.18 Å². The van der Waals surface area contributed by atoms with Crippen LogP contribution in [0, 0.1) is 5.82 Å². The highest BCUT2D eigenvalue weighted by Crippen LogP contribution is 2.39. The summed E-state index contributed by atoms with van der Waals surface area (Å²) in [6.45, 7) is 1.94. The molecule has 1 aliphatic rings. The van der Waals surface area contributed by atoms with E-state index >= 15 is 0 Å². The van der Waals surface area contributed by atoms with Gasteiger partial charge in [0.25, 0.3) is 0 Å². The van der Waals surface area contributed by atoms with Crippen LogP contribution in [0.2, 0.25) is 0 Å². The Kier molecular flexibility index (Phi) is 4.84. The fraction of sp³-hybridized carbons (Fsp3) is 0.350. The van der Waals surface area contributed by atoms with Gasteiger partial charge in [-0.25, -0.2) is 9.18 Å². The molecule has 1 aliphatic carbocycles. The van der Waals surface area contributed by atoms with Gasteiger partial charge in [0.2, 0.25) is 0 Å². The number of urea groups is 1. The number of halogens is 1. The molecule has 1 atom stereocenters. The molecule has 0 saturated heterocycles. The van der Waals surface area contributed by atoms with Crippen LogP contribution >= 0.6 is 0 Å². The number of nitrogens with one attached hydrogen (secondary N) is 2. The molecule has 2 N–H and O–H groups in total. The zero-order valence-corrected chi connectivity index (χ0v) is 13.9. The zero-order chi connectivity index (χ0) is 17.0. The Hall–Kier alpha value is -2.36. The number of carbonyl (C=O) groups is 1. The SMILES string of the molecule is CC(NC(=O)NC1(c2ccccc2F)CCCC1)c1ccccc1. The molecule has 0 aromatic heterocycles. The second-order valence-electron chi connectivity index (χ2n) is 6.50. The summed E-state index contributed by atoms with van der Waals surface area (Å²) in [4.78, 5) is 12.5. The highest BCUT2D eigenvalue weighted by Gasteiger charge is 2.39. The maximum absolute atomic E-state index is 14.3. The van der Waals surface area contributed by atoms with E-state index in [1.807, 2.05) is 43.3 Å². The van der Waals surface area contributed by atoms with Crippen molar-refractivity contribution in [1.82, 2.24) is 10.6 Å². The summed E-state index contributed by atoms with van der Waals surface area (Å²) in [6, 6.07) is 16.2. The average molecular weight is 326 g/mol. The van der Waals surface area contributed by atoms with Crippen molar-refractivity contribution in [3.63, 3.8) is 0 Å². The van der Waals surface area contributed by atoms with Crippen LogP contribution in [0.1, 0.15) is 49.8 Å². The van der Waals surface area contributed by atoms with Crippen molar-refractivity contribution in [2.75, 3.05) is 0 Å². The van der Waals surface area contributed by atoms with Crippen molar-refractivity contribution in [3.05, 3.63) is 71.5 Å². The summed E-state index contributed by atoms with van der Waals surface area (Å²) in [5.41, 5.74) is 1.02. The first-order chi connectivity index (χ1) is 11.6. The smallest absolute Gasteiger partial charge is 0.315 e. The maximum atomic E-state index is 14.3. The fourth-order valence-electron chi connectivity index (χ4n) is 3.56. The molecular weight excluding hydrogens is 303 g/mol. The van der Waals surface area contributed by atoms with E-state index in [0.717, 1.165) is 31.2 Å². The lowest BCUT2D eigenvalue weighted by Crippen LogP contribution is -2.49. The van der Waals surface area contributed by atoms with Crippen LogP contribution in [0.3, 0.4) is 0 Å². The summed E-state index contributed by atoms with van der Waals surface area (Å²) < 4.78 is 14.3. The standard InChI is InChI=1S/C20H23FN2O/c1-15(16-9-3-2-4-10-16)22-19(24)23-20(13-7-8-14-20)17-11-5-6-12-18(17)21/h2-6,9-12,15H,7-8,13-14H2,1H3,(H2,22,23,24). The minimum atomic E-state index is -0.605. The molecule has 0 bridgehead atoms. The van der Waals surface area contributed by atoms with E-state index in [-0.39, 0.29) is 17.9 Å². The summed E-state index contributed by atoms with van der Waals surface area (Å²) in [6.07, 6.45) is 3.51. The topological polar surface area (TPSA) is 41.1 Å². The van der Waals surface area contributed by atoms with E-state index in [2.05, 4.69) is 10.6 Å². The second kappa shape index (κ2) is 7.04. The van der Waals surface area contributed by atoms with Crippen LogP contribution < -0.4 is 10.6 Å². The Bertz CT molecular complexity index is 696. The van der Waals surface area contributed by atoms with Crippen molar-refractivity contribution in [3.8, 4) is 0 Å². The van der Waals surface area contributed by atoms with E-state index in [9.17, 15) is 9.18 Å². The Morgan fingerprint density at radius 2 is 1.67 bits per heavy atom. The molecule has 1 saturated carbocycles. The van der Waals surface area contributed by atoms with E-state index in [0.29, 0.717) is 5.56 Å². The van der Waals surface area contributed by atoms with Crippen LogP contribution in [0.25, 0.3) is 0 Å². The van der Waals surface area contributed by atoms with Gasteiger partial charge in [0.05, 0.1) is 11.6 Å². The quantitative estimate of drug-likeness (QED) is 0.843. The average Bonchev–Trinajstić information content (AvgIpc) is 3.05. The Labute approximate surface area is 142 Å². The molecule has 4 heteroatoms. The number of hydrogen-bond donors (Lipinski definition) is 2. The van der Waals surface area contributed by atoms with E-state index in [1.54, 1.807) is 12.1 Å². The third kappa shape index (κ3) is 3.42. The minimum absolute atomic E-state index is 0.106. The third-order valence-electron chi connectivity index (χ3n) is 4.85. The van der Waals surface area contributed by atoms with Gasteiger partial charge in [-0.15, -0.1) is 0 Å². The van der Waals surface area contributed by atoms with Gasteiger partial charge in [-0.05, 0) is 31.4 Å². The lowest BCUT2D eigenvalue weighted by molar-refractivity contribution is 0.220. The molecule has 0 aliphatic heterocycles. The predicted octanol–water partition coefficient (Wildman–Crippen LogP) is 4.66. The summed E-state index contributed by atoms with van der Waals surface area (Å²) >= 11 is 0. The Morgan fingerprint density at radius 3 is 2.33 bits per heavy atom. The number of benzene rings is 2. The van der Waals surface area contributed by atoms with Crippen LogP contribution in [0.4, 0.5) is 9.18 Å². The Morgan fingerprint density at radius 1 is 1.04 bits per heavy atom. The van der Waals surface area contributed by atoms with E-state index in [1.165, 1.54) is 6.07 Å². The summed E-state index contributed by atoms with van der Waals surface area (Å²) in [5, 5.41) is 6.02. The van der Waals surface area contributed by atoms with Crippen LogP contribution in [-0.2, 0) is 5.54 Å². The van der Waals surface area contributed by atoms with Gasteiger partial charge in [-0.2, -0.15) is 0 Å². The molecule has 24 heavy (non-hydrogen) atoms. The number of hydrogen-bond acceptors (Lipinski definition) is 1. The molecule has 1 fully saturated rings. The van der Waals surface area contributed by atoms with E-state index in [4.69, 9.17) is 0 Å². The minimum Gasteiger partial charge on any atom is -0.332 e. The van der Waals surface area contributed by atoms with Gasteiger partial charge in [-0.3, -0.25) is 0 Å². The first-order valence-electron chi connectivity index (χ1n) is 8.49. The number of amides is 2. The van der Waals surface area contributed by atoms with Gasteiger partial charge in [0.1, 0.15) is 5.82 Å². The third-order valence-corrected chi connectivity index (χ3v) is 4.85. The summed E-state index contributed by atoms with van der Waals surface area (Å²) in [7, 11) is 0. The van der Waals surface area contributed by atoms with Gasteiger partial charge in [0, 0.05) is 5.56 Å². The summed E-state index contributed by atoms with van der Waals surface area (Å²) in [5.74, 6) is -0.254. The molecular formula is C20H23FN2O.